The fourth-order valence-corrected chi connectivity index (χ4v) is 5.21. The van der Waals surface area contributed by atoms with E-state index >= 15 is 0 Å². The Morgan fingerprint density at radius 2 is 1.76 bits per heavy atom. The molecule has 1 aromatic heterocycles. The van der Waals surface area contributed by atoms with Crippen molar-refractivity contribution in [1.29, 1.82) is 0 Å². The SMILES string of the molecule is COc1ccc(N2Cc3c(c4cc(Cl)c(Cl)cc4n3C)C2=O)cc1OCCN1CCCCC1. The van der Waals surface area contributed by atoms with Crippen molar-refractivity contribution in [2.75, 3.05) is 38.3 Å². The second-order valence-corrected chi connectivity index (χ2v) is 9.46. The molecule has 0 bridgehead atoms. The van der Waals surface area contributed by atoms with Crippen LogP contribution in [0.5, 0.6) is 11.5 Å². The van der Waals surface area contributed by atoms with E-state index in [-0.39, 0.29) is 5.91 Å². The van der Waals surface area contributed by atoms with Gasteiger partial charge in [-0.25, -0.2) is 0 Å². The highest BCUT2D eigenvalue weighted by atomic mass is 35.5. The van der Waals surface area contributed by atoms with E-state index in [1.54, 1.807) is 18.1 Å². The Kier molecular flexibility index (Phi) is 6.16. The van der Waals surface area contributed by atoms with E-state index in [0.29, 0.717) is 40.3 Å². The zero-order valence-corrected chi connectivity index (χ0v) is 20.4. The van der Waals surface area contributed by atoms with Gasteiger partial charge in [-0.1, -0.05) is 29.6 Å². The van der Waals surface area contributed by atoms with E-state index in [9.17, 15) is 4.79 Å². The number of carbonyl (C=O) groups excluding carboxylic acids is 1. The molecule has 0 aliphatic carbocycles. The van der Waals surface area contributed by atoms with Gasteiger partial charge in [-0.3, -0.25) is 9.69 Å². The molecule has 2 aliphatic heterocycles. The molecule has 0 radical (unpaired) electrons. The van der Waals surface area contributed by atoms with Crippen molar-refractivity contribution in [3.8, 4) is 11.5 Å². The Hall–Kier alpha value is -2.41. The largest absolute Gasteiger partial charge is 0.493 e. The third-order valence-corrected chi connectivity index (χ3v) is 7.42. The van der Waals surface area contributed by atoms with E-state index in [2.05, 4.69) is 4.90 Å². The predicted molar refractivity (Wildman–Crippen MR) is 132 cm³/mol. The number of methoxy groups -OCH3 is 1. The van der Waals surface area contributed by atoms with E-state index in [4.69, 9.17) is 32.7 Å². The summed E-state index contributed by atoms with van der Waals surface area (Å²) in [6.07, 6.45) is 3.82. The van der Waals surface area contributed by atoms with Gasteiger partial charge in [0.2, 0.25) is 0 Å². The van der Waals surface area contributed by atoms with Gasteiger partial charge in [-0.15, -0.1) is 0 Å². The number of ether oxygens (including phenoxy) is 2. The third-order valence-electron chi connectivity index (χ3n) is 6.70. The first-order valence-corrected chi connectivity index (χ1v) is 12.0. The number of aromatic nitrogens is 1. The predicted octanol–water partition coefficient (Wildman–Crippen LogP) is 5.52. The lowest BCUT2D eigenvalue weighted by Crippen LogP contribution is -2.33. The van der Waals surface area contributed by atoms with Crippen molar-refractivity contribution in [2.24, 2.45) is 7.05 Å². The zero-order chi connectivity index (χ0) is 23.1. The number of carbonyl (C=O) groups is 1. The van der Waals surface area contributed by atoms with Crippen LogP contribution in [0, 0.1) is 0 Å². The van der Waals surface area contributed by atoms with E-state index < -0.39 is 0 Å². The van der Waals surface area contributed by atoms with E-state index in [1.807, 2.05) is 35.9 Å². The number of anilines is 1. The highest BCUT2D eigenvalue weighted by Gasteiger charge is 2.34. The Morgan fingerprint density at radius 3 is 2.52 bits per heavy atom. The molecule has 0 N–H and O–H groups in total. The average Bonchev–Trinajstić information content (AvgIpc) is 3.30. The van der Waals surface area contributed by atoms with Gasteiger partial charge >= 0.3 is 0 Å². The van der Waals surface area contributed by atoms with Crippen LogP contribution in [0.25, 0.3) is 10.9 Å². The lowest BCUT2D eigenvalue weighted by molar-refractivity contribution is 0.0998. The summed E-state index contributed by atoms with van der Waals surface area (Å²) in [5, 5.41) is 1.74. The molecule has 0 unspecified atom stereocenters. The maximum atomic E-state index is 13.5. The van der Waals surface area contributed by atoms with Crippen LogP contribution >= 0.6 is 23.2 Å². The molecule has 174 valence electrons. The van der Waals surface area contributed by atoms with Gasteiger partial charge in [-0.05, 0) is 50.2 Å². The Bertz CT molecular complexity index is 1220. The molecule has 1 fully saturated rings. The monoisotopic (exact) mass is 487 g/mol. The van der Waals surface area contributed by atoms with Gasteiger partial charge in [0.15, 0.2) is 11.5 Å². The minimum absolute atomic E-state index is 0.0570. The van der Waals surface area contributed by atoms with Crippen LogP contribution in [0.15, 0.2) is 30.3 Å². The fraction of sp³-hybridized carbons (Fsp3) is 0.400. The summed E-state index contributed by atoms with van der Waals surface area (Å²) in [7, 11) is 3.58. The fourth-order valence-electron chi connectivity index (χ4n) is 4.89. The maximum absolute atomic E-state index is 13.5. The molecule has 0 saturated carbocycles. The van der Waals surface area contributed by atoms with Crippen LogP contribution in [0.3, 0.4) is 0 Å². The highest BCUT2D eigenvalue weighted by molar-refractivity contribution is 6.43. The van der Waals surface area contributed by atoms with Crippen LogP contribution < -0.4 is 14.4 Å². The summed E-state index contributed by atoms with van der Waals surface area (Å²) in [6.45, 7) is 4.19. The number of benzene rings is 2. The molecule has 6 nitrogen and oxygen atoms in total. The van der Waals surface area contributed by atoms with Crippen molar-refractivity contribution in [3.05, 3.63) is 51.6 Å². The minimum atomic E-state index is -0.0570. The average molecular weight is 488 g/mol. The molecular weight excluding hydrogens is 461 g/mol. The first-order chi connectivity index (χ1) is 16.0. The second-order valence-electron chi connectivity index (χ2n) is 8.64. The van der Waals surface area contributed by atoms with Gasteiger partial charge < -0.3 is 18.9 Å². The van der Waals surface area contributed by atoms with Gasteiger partial charge in [0.25, 0.3) is 5.91 Å². The van der Waals surface area contributed by atoms with E-state index in [1.165, 1.54) is 19.3 Å². The summed E-state index contributed by atoms with van der Waals surface area (Å²) < 4.78 is 13.6. The number of hydrogen-bond acceptors (Lipinski definition) is 4. The topological polar surface area (TPSA) is 46.9 Å². The van der Waals surface area contributed by atoms with Gasteiger partial charge in [0, 0.05) is 30.7 Å². The number of amides is 1. The molecule has 3 aromatic rings. The van der Waals surface area contributed by atoms with Crippen LogP contribution in [0.2, 0.25) is 10.0 Å². The van der Waals surface area contributed by atoms with E-state index in [0.717, 1.165) is 41.9 Å². The third kappa shape index (κ3) is 4.05. The van der Waals surface area contributed by atoms with Crippen molar-refractivity contribution < 1.29 is 14.3 Å². The standard InChI is InChI=1S/C25H27Cl2N3O3/c1-28-20-14-19(27)18(26)13-17(20)24-21(28)15-30(25(24)31)16-6-7-22(32-2)23(12-16)33-11-10-29-8-4-3-5-9-29/h6-7,12-14H,3-5,8-11,15H2,1-2H3. The number of nitrogens with zero attached hydrogens (tertiary/aromatic N) is 3. The summed E-state index contributed by atoms with van der Waals surface area (Å²) in [6, 6.07) is 9.24. The first kappa shape index (κ1) is 22.4. The zero-order valence-electron chi connectivity index (χ0n) is 18.9. The molecule has 0 spiro atoms. The Morgan fingerprint density at radius 1 is 1.00 bits per heavy atom. The highest BCUT2D eigenvalue weighted by Crippen LogP contribution is 2.40. The maximum Gasteiger partial charge on any atom is 0.261 e. The number of hydrogen-bond donors (Lipinski definition) is 0. The van der Waals surface area contributed by atoms with Crippen molar-refractivity contribution >= 4 is 45.7 Å². The van der Waals surface area contributed by atoms with Crippen molar-refractivity contribution in [2.45, 2.75) is 25.8 Å². The molecule has 2 aliphatic rings. The van der Waals surface area contributed by atoms with Crippen LogP contribution in [-0.4, -0.2) is 48.7 Å². The number of rotatable bonds is 6. The van der Waals surface area contributed by atoms with Crippen molar-refractivity contribution in [1.82, 2.24) is 9.47 Å². The molecule has 2 aromatic carbocycles. The number of fused-ring (bicyclic) bond motifs is 3. The Balaban J connectivity index is 1.39. The first-order valence-electron chi connectivity index (χ1n) is 11.3. The number of piperidine rings is 1. The van der Waals surface area contributed by atoms with Crippen LogP contribution in [0.1, 0.15) is 35.3 Å². The van der Waals surface area contributed by atoms with Gasteiger partial charge in [-0.2, -0.15) is 0 Å². The van der Waals surface area contributed by atoms with Crippen LogP contribution in [0.4, 0.5) is 5.69 Å². The quantitative estimate of drug-likeness (QED) is 0.459. The number of halogens is 2. The van der Waals surface area contributed by atoms with Gasteiger partial charge in [0.1, 0.15) is 6.61 Å². The summed E-state index contributed by atoms with van der Waals surface area (Å²) in [4.78, 5) is 17.7. The van der Waals surface area contributed by atoms with Crippen molar-refractivity contribution in [3.63, 3.8) is 0 Å². The lowest BCUT2D eigenvalue weighted by Gasteiger charge is -2.26. The second kappa shape index (κ2) is 9.09. The normalized spacial score (nSPS) is 16.5. The smallest absolute Gasteiger partial charge is 0.261 e. The number of likely N-dealkylation sites (tertiary alicyclic amines) is 1. The van der Waals surface area contributed by atoms with Crippen LogP contribution in [-0.2, 0) is 13.6 Å². The molecule has 1 amide bonds. The molecule has 3 heterocycles. The molecular formula is C25H27Cl2N3O3. The lowest BCUT2D eigenvalue weighted by atomic mass is 10.1. The summed E-state index contributed by atoms with van der Waals surface area (Å²) >= 11 is 12.5. The molecule has 1 saturated heterocycles. The minimum Gasteiger partial charge on any atom is -0.493 e. The molecule has 0 atom stereocenters. The number of aryl methyl sites for hydroxylation is 1. The van der Waals surface area contributed by atoms with Gasteiger partial charge in [0.05, 0.1) is 40.5 Å². The molecule has 5 rings (SSSR count). The molecule has 8 heteroatoms. The summed E-state index contributed by atoms with van der Waals surface area (Å²) in [5.41, 5.74) is 3.29. The molecule has 33 heavy (non-hydrogen) atoms. The summed E-state index contributed by atoms with van der Waals surface area (Å²) in [5.74, 6) is 1.25. The Labute approximate surface area is 203 Å².